The molecule has 0 saturated carbocycles. The van der Waals surface area contributed by atoms with Crippen LogP contribution >= 0.6 is 0 Å². The molecule has 0 unspecified atom stereocenters. The van der Waals surface area contributed by atoms with Crippen LogP contribution in [0.1, 0.15) is 0 Å². The van der Waals surface area contributed by atoms with Gasteiger partial charge in [0.15, 0.2) is 11.2 Å². The molecule has 124 valence electrons. The van der Waals surface area contributed by atoms with Crippen molar-refractivity contribution < 1.29 is 25.0 Å². The van der Waals surface area contributed by atoms with Crippen molar-refractivity contribution in [3.63, 3.8) is 0 Å². The minimum atomic E-state index is -2.71. The first-order chi connectivity index (χ1) is 10.8. The number of aliphatic hydroxyl groups is 3. The summed E-state index contributed by atoms with van der Waals surface area (Å²) < 4.78 is 5.79. The fraction of sp³-hybridized carbons (Fsp3) is 0.500. The number of aromatic nitrogens is 4. The number of ether oxygens (including phenoxy) is 1. The lowest BCUT2D eigenvalue weighted by molar-refractivity contribution is -0.671. The molecule has 2 aromatic heterocycles. The number of nitrogens with two attached hydrogens (primary N) is 1. The Morgan fingerprint density at radius 2 is 2.26 bits per heavy atom. The third kappa shape index (κ3) is 1.91. The highest BCUT2D eigenvalue weighted by Crippen LogP contribution is 2.37. The summed E-state index contributed by atoms with van der Waals surface area (Å²) in [5, 5.41) is 40.7. The predicted octanol–water partition coefficient (Wildman–Crippen LogP) is -3.30. The number of fused-ring (bicyclic) bond motifs is 1. The molecule has 0 aliphatic carbocycles. The van der Waals surface area contributed by atoms with Crippen LogP contribution in [0.5, 0.6) is 0 Å². The number of H-pyrrole nitrogens is 1. The van der Waals surface area contributed by atoms with Gasteiger partial charge in [-0.3, -0.25) is 24.6 Å². The maximum absolute atomic E-state index is 11.8. The molecular weight excluding hydrogens is 316 g/mol. The van der Waals surface area contributed by atoms with Crippen molar-refractivity contribution in [1.29, 1.82) is 0 Å². The van der Waals surface area contributed by atoms with E-state index in [0.29, 0.717) is 4.57 Å². The van der Waals surface area contributed by atoms with E-state index in [1.165, 1.54) is 0 Å². The molecule has 0 spiro atoms. The molecule has 0 aromatic carbocycles. The van der Waals surface area contributed by atoms with E-state index in [0.717, 1.165) is 6.33 Å². The number of nitro groups is 1. The molecule has 4 atom stereocenters. The summed E-state index contributed by atoms with van der Waals surface area (Å²) in [5.74, 6) is -3.04. The molecule has 2 aromatic rings. The summed E-state index contributed by atoms with van der Waals surface area (Å²) in [7, 11) is 0. The van der Waals surface area contributed by atoms with Gasteiger partial charge in [0.05, 0.1) is 11.5 Å². The Morgan fingerprint density at radius 1 is 1.57 bits per heavy atom. The molecular formula is C10H12N6O7. The van der Waals surface area contributed by atoms with Crippen LogP contribution in [0.15, 0.2) is 11.1 Å². The monoisotopic (exact) mass is 328 g/mol. The van der Waals surface area contributed by atoms with E-state index in [4.69, 9.17) is 15.6 Å². The number of imidazole rings is 1. The zero-order valence-corrected chi connectivity index (χ0v) is 11.4. The second-order valence-electron chi connectivity index (χ2n) is 4.93. The van der Waals surface area contributed by atoms with E-state index >= 15 is 0 Å². The molecule has 0 bridgehead atoms. The number of anilines is 1. The van der Waals surface area contributed by atoms with Gasteiger partial charge in [-0.05, 0) is 0 Å². The molecule has 3 rings (SSSR count). The van der Waals surface area contributed by atoms with Gasteiger partial charge in [0, 0.05) is 0 Å². The third-order valence-electron chi connectivity index (χ3n) is 3.63. The molecule has 1 fully saturated rings. The van der Waals surface area contributed by atoms with E-state index in [9.17, 15) is 25.1 Å². The number of nitrogen functional groups attached to an aromatic ring is 1. The minimum Gasteiger partial charge on any atom is -0.394 e. The van der Waals surface area contributed by atoms with Gasteiger partial charge in [-0.2, -0.15) is 4.98 Å². The van der Waals surface area contributed by atoms with Crippen molar-refractivity contribution in [3.8, 4) is 0 Å². The van der Waals surface area contributed by atoms with Gasteiger partial charge in [0.1, 0.15) is 18.5 Å². The summed E-state index contributed by atoms with van der Waals surface area (Å²) in [4.78, 5) is 32.0. The normalized spacial score (nSPS) is 30.8. The quantitative estimate of drug-likeness (QED) is 0.280. The zero-order chi connectivity index (χ0) is 16.9. The second-order valence-corrected chi connectivity index (χ2v) is 4.93. The van der Waals surface area contributed by atoms with Crippen LogP contribution in [0.3, 0.4) is 0 Å². The Morgan fingerprint density at radius 3 is 2.83 bits per heavy atom. The SMILES string of the molecule is Nc1nc2c(ncn2[C@]2([N+](=O)[O-])O[C@H](CO)[C@@H](O)[C@H]2O)c(=O)[nH]1. The Bertz CT molecular complexity index is 833. The molecule has 1 aliphatic rings. The Labute approximate surface area is 126 Å². The van der Waals surface area contributed by atoms with Gasteiger partial charge in [-0.25, -0.2) is 9.55 Å². The molecule has 0 radical (unpaired) electrons. The summed E-state index contributed by atoms with van der Waals surface area (Å²) >= 11 is 0. The molecule has 1 saturated heterocycles. The maximum Gasteiger partial charge on any atom is 0.445 e. The second kappa shape index (κ2) is 4.95. The van der Waals surface area contributed by atoms with E-state index in [1.54, 1.807) is 0 Å². The molecule has 3 heterocycles. The number of rotatable bonds is 3. The highest BCUT2D eigenvalue weighted by molar-refractivity contribution is 5.70. The first kappa shape index (κ1) is 15.3. The summed E-state index contributed by atoms with van der Waals surface area (Å²) in [5.41, 5.74) is 4.10. The van der Waals surface area contributed by atoms with Gasteiger partial charge in [-0.1, -0.05) is 0 Å². The van der Waals surface area contributed by atoms with Crippen LogP contribution in [0.4, 0.5) is 5.95 Å². The van der Waals surface area contributed by atoms with Gasteiger partial charge in [0.2, 0.25) is 12.1 Å². The van der Waals surface area contributed by atoms with E-state index < -0.39 is 41.3 Å². The number of nitrogens with one attached hydrogen (secondary N) is 1. The molecule has 1 aliphatic heterocycles. The molecule has 13 nitrogen and oxygen atoms in total. The lowest BCUT2D eigenvalue weighted by Crippen LogP contribution is -2.51. The van der Waals surface area contributed by atoms with Gasteiger partial charge in [-0.15, -0.1) is 0 Å². The van der Waals surface area contributed by atoms with Crippen molar-refractivity contribution in [1.82, 2.24) is 19.5 Å². The Hall–Kier alpha value is -2.61. The highest BCUT2D eigenvalue weighted by atomic mass is 16.7. The lowest BCUT2D eigenvalue weighted by Gasteiger charge is -2.23. The predicted molar refractivity (Wildman–Crippen MR) is 71.5 cm³/mol. The van der Waals surface area contributed by atoms with Crippen LogP contribution in [-0.2, 0) is 10.6 Å². The van der Waals surface area contributed by atoms with Crippen LogP contribution in [0, 0.1) is 10.1 Å². The first-order valence-electron chi connectivity index (χ1n) is 6.35. The fourth-order valence-corrected chi connectivity index (χ4v) is 2.53. The van der Waals surface area contributed by atoms with Crippen molar-refractivity contribution in [2.75, 3.05) is 12.3 Å². The average molecular weight is 328 g/mol. The van der Waals surface area contributed by atoms with Crippen LogP contribution < -0.4 is 11.3 Å². The fourth-order valence-electron chi connectivity index (χ4n) is 2.53. The third-order valence-corrected chi connectivity index (χ3v) is 3.63. The standard InChI is InChI=1S/C10H12N6O7/c11-9-13-7-4(8(20)14-9)12-2-15(7)10(16(21)22)6(19)5(18)3(1-17)23-10/h2-3,5-6,17-19H,1H2,(H3,11,13,14,20)/t3-,5-,6-,10-/m1/s1. The van der Waals surface area contributed by atoms with Gasteiger partial charge < -0.3 is 21.1 Å². The minimum absolute atomic E-state index is 0.266. The van der Waals surface area contributed by atoms with E-state index in [-0.39, 0.29) is 17.1 Å². The topological polar surface area (TPSA) is 203 Å². The lowest BCUT2D eigenvalue weighted by atomic mass is 10.1. The maximum atomic E-state index is 11.8. The number of nitrogens with zero attached hydrogens (tertiary/aromatic N) is 4. The number of aromatic amines is 1. The van der Waals surface area contributed by atoms with Crippen LogP contribution in [0.25, 0.3) is 11.2 Å². The van der Waals surface area contributed by atoms with Crippen molar-refractivity contribution in [2.45, 2.75) is 24.2 Å². The Kier molecular flexibility index (Phi) is 3.29. The van der Waals surface area contributed by atoms with Crippen molar-refractivity contribution in [3.05, 3.63) is 26.8 Å². The summed E-state index contributed by atoms with van der Waals surface area (Å²) in [6, 6.07) is 0. The van der Waals surface area contributed by atoms with E-state index in [2.05, 4.69) is 15.0 Å². The van der Waals surface area contributed by atoms with Crippen molar-refractivity contribution in [2.24, 2.45) is 0 Å². The van der Waals surface area contributed by atoms with E-state index in [1.807, 2.05) is 0 Å². The molecule has 0 amide bonds. The smallest absolute Gasteiger partial charge is 0.394 e. The molecule has 6 N–H and O–H groups in total. The largest absolute Gasteiger partial charge is 0.445 e. The molecule has 23 heavy (non-hydrogen) atoms. The van der Waals surface area contributed by atoms with Crippen LogP contribution in [-0.4, -0.2) is 64.7 Å². The number of aliphatic hydroxyl groups excluding tert-OH is 3. The van der Waals surface area contributed by atoms with Gasteiger partial charge in [0.25, 0.3) is 5.56 Å². The number of hydrogen-bond donors (Lipinski definition) is 5. The first-order valence-corrected chi connectivity index (χ1v) is 6.35. The molecule has 13 heteroatoms. The summed E-state index contributed by atoms with van der Waals surface area (Å²) in [6.07, 6.45) is -4.33. The highest BCUT2D eigenvalue weighted by Gasteiger charge is 2.66. The van der Waals surface area contributed by atoms with Crippen molar-refractivity contribution >= 4 is 17.1 Å². The average Bonchev–Trinajstić information content (AvgIpc) is 3.01. The Balaban J connectivity index is 2.29. The number of hydrogen-bond acceptors (Lipinski definition) is 10. The van der Waals surface area contributed by atoms with Gasteiger partial charge >= 0.3 is 5.85 Å². The van der Waals surface area contributed by atoms with Crippen LogP contribution in [0.2, 0.25) is 0 Å². The zero-order valence-electron chi connectivity index (χ0n) is 11.4. The summed E-state index contributed by atoms with van der Waals surface area (Å²) in [6.45, 7) is -0.767.